The predicted octanol–water partition coefficient (Wildman–Crippen LogP) is 3.00. The van der Waals surface area contributed by atoms with Crippen LogP contribution >= 0.6 is 0 Å². The van der Waals surface area contributed by atoms with Crippen LogP contribution in [0, 0.1) is 13.8 Å². The summed E-state index contributed by atoms with van der Waals surface area (Å²) in [5.41, 5.74) is 5.53. The summed E-state index contributed by atoms with van der Waals surface area (Å²) >= 11 is 0. The van der Waals surface area contributed by atoms with Crippen LogP contribution in [0.3, 0.4) is 0 Å². The van der Waals surface area contributed by atoms with Gasteiger partial charge >= 0.3 is 5.97 Å². The Balaban J connectivity index is 1.72. The molecule has 3 aromatic rings. The zero-order valence-corrected chi connectivity index (χ0v) is 13.5. The molecule has 0 radical (unpaired) electrons. The number of carboxylic acids is 1. The van der Waals surface area contributed by atoms with Crippen LogP contribution in [0.4, 0.5) is 0 Å². The molecule has 0 amide bonds. The number of carbonyl (C=O) groups is 1. The predicted molar refractivity (Wildman–Crippen MR) is 87.1 cm³/mol. The number of hydrogen-bond donors (Lipinski definition) is 1. The molecule has 0 aromatic carbocycles. The van der Waals surface area contributed by atoms with E-state index in [0.29, 0.717) is 18.5 Å². The molecule has 3 aromatic heterocycles. The minimum absolute atomic E-state index is 0.0186. The number of carboxylic acid groups (broad SMARTS) is 1. The highest BCUT2D eigenvalue weighted by Crippen LogP contribution is 2.38. The highest BCUT2D eigenvalue weighted by atomic mass is 16.4. The van der Waals surface area contributed by atoms with Gasteiger partial charge in [-0.05, 0) is 37.5 Å². The molecule has 0 aliphatic heterocycles. The van der Waals surface area contributed by atoms with E-state index in [9.17, 15) is 9.90 Å². The molecule has 0 unspecified atom stereocenters. The van der Waals surface area contributed by atoms with Gasteiger partial charge in [-0.15, -0.1) is 0 Å². The number of fused-ring (bicyclic) bond motifs is 3. The maximum Gasteiger partial charge on any atom is 0.372 e. The number of furan rings is 1. The van der Waals surface area contributed by atoms with Crippen LogP contribution < -0.4 is 0 Å². The quantitative estimate of drug-likeness (QED) is 0.801. The Kier molecular flexibility index (Phi) is 3.26. The molecule has 0 saturated heterocycles. The lowest BCUT2D eigenvalue weighted by Gasteiger charge is -2.09. The number of nitrogens with zero attached hydrogens (tertiary/aromatic N) is 3. The number of aromatic nitrogens is 3. The van der Waals surface area contributed by atoms with Crippen molar-refractivity contribution in [1.29, 1.82) is 0 Å². The van der Waals surface area contributed by atoms with Crippen molar-refractivity contribution in [2.75, 3.05) is 0 Å². The number of aryl methyl sites for hydroxylation is 3. The normalized spacial score (nSPS) is 12.8. The molecule has 0 spiro atoms. The van der Waals surface area contributed by atoms with Gasteiger partial charge in [0.15, 0.2) is 0 Å². The molecule has 1 aliphatic carbocycles. The van der Waals surface area contributed by atoms with Crippen molar-refractivity contribution in [2.45, 2.75) is 33.2 Å². The van der Waals surface area contributed by atoms with Crippen molar-refractivity contribution in [3.05, 3.63) is 58.4 Å². The second kappa shape index (κ2) is 5.33. The molecule has 0 fully saturated rings. The van der Waals surface area contributed by atoms with Crippen molar-refractivity contribution >= 4 is 5.97 Å². The number of rotatable bonds is 3. The Morgan fingerprint density at radius 3 is 2.88 bits per heavy atom. The molecule has 4 rings (SSSR count). The fourth-order valence-electron chi connectivity index (χ4n) is 3.23. The van der Waals surface area contributed by atoms with E-state index >= 15 is 0 Å². The van der Waals surface area contributed by atoms with Gasteiger partial charge in [0.25, 0.3) is 0 Å². The fourth-order valence-corrected chi connectivity index (χ4v) is 3.23. The average Bonchev–Trinajstić information content (AvgIpc) is 3.10. The van der Waals surface area contributed by atoms with Crippen molar-refractivity contribution in [3.8, 4) is 11.3 Å². The largest absolute Gasteiger partial charge is 0.475 e. The molecule has 0 saturated carbocycles. The maximum atomic E-state index is 11.3. The van der Waals surface area contributed by atoms with Gasteiger partial charge in [-0.3, -0.25) is 9.67 Å². The van der Waals surface area contributed by atoms with Gasteiger partial charge in [0, 0.05) is 35.6 Å². The van der Waals surface area contributed by atoms with E-state index in [1.807, 2.05) is 36.1 Å². The van der Waals surface area contributed by atoms with E-state index in [1.54, 1.807) is 6.92 Å². The third kappa shape index (κ3) is 2.31. The zero-order valence-electron chi connectivity index (χ0n) is 13.5. The van der Waals surface area contributed by atoms with E-state index in [1.165, 1.54) is 0 Å². The SMILES string of the molecule is Cc1ccc(Cn2cc3c(n2)-c2c(oc(C(=O)O)c2C)CC3)cn1. The lowest BCUT2D eigenvalue weighted by Crippen LogP contribution is -2.02. The summed E-state index contributed by atoms with van der Waals surface area (Å²) in [4.78, 5) is 15.6. The third-order valence-corrected chi connectivity index (χ3v) is 4.43. The molecule has 6 nitrogen and oxygen atoms in total. The first-order chi connectivity index (χ1) is 11.5. The van der Waals surface area contributed by atoms with E-state index < -0.39 is 5.97 Å². The fraction of sp³-hybridized carbons (Fsp3) is 0.278. The van der Waals surface area contributed by atoms with Crippen molar-refractivity contribution in [1.82, 2.24) is 14.8 Å². The minimum Gasteiger partial charge on any atom is -0.475 e. The molecular weight excluding hydrogens is 306 g/mol. The van der Waals surface area contributed by atoms with Gasteiger partial charge in [-0.25, -0.2) is 4.79 Å². The van der Waals surface area contributed by atoms with Crippen molar-refractivity contribution in [3.63, 3.8) is 0 Å². The summed E-state index contributed by atoms with van der Waals surface area (Å²) < 4.78 is 7.42. The van der Waals surface area contributed by atoms with Gasteiger partial charge in [0.2, 0.25) is 5.76 Å². The topological polar surface area (TPSA) is 81.2 Å². The molecule has 122 valence electrons. The number of hydrogen-bond acceptors (Lipinski definition) is 4. The Labute approximate surface area is 138 Å². The molecule has 1 aliphatic rings. The van der Waals surface area contributed by atoms with Gasteiger partial charge in [-0.1, -0.05) is 6.07 Å². The summed E-state index contributed by atoms with van der Waals surface area (Å²) in [6, 6.07) is 4.02. The van der Waals surface area contributed by atoms with Gasteiger partial charge in [-0.2, -0.15) is 5.10 Å². The first kappa shape index (κ1) is 14.7. The van der Waals surface area contributed by atoms with Crippen LogP contribution in [0.25, 0.3) is 11.3 Å². The molecule has 3 heterocycles. The zero-order chi connectivity index (χ0) is 16.8. The van der Waals surface area contributed by atoms with Crippen molar-refractivity contribution in [2.24, 2.45) is 0 Å². The van der Waals surface area contributed by atoms with E-state index in [-0.39, 0.29) is 5.76 Å². The van der Waals surface area contributed by atoms with Crippen LogP contribution in [0.5, 0.6) is 0 Å². The summed E-state index contributed by atoms with van der Waals surface area (Å²) in [5.74, 6) is -0.293. The van der Waals surface area contributed by atoms with Crippen LogP contribution in [0.1, 0.15) is 38.7 Å². The summed E-state index contributed by atoms with van der Waals surface area (Å²) in [6.45, 7) is 4.38. The smallest absolute Gasteiger partial charge is 0.372 e. The van der Waals surface area contributed by atoms with Crippen LogP contribution in [0.2, 0.25) is 0 Å². The molecule has 0 atom stereocenters. The Bertz CT molecular complexity index is 935. The highest BCUT2D eigenvalue weighted by Gasteiger charge is 2.29. The maximum absolute atomic E-state index is 11.3. The standard InChI is InChI=1S/C18H17N3O3/c1-10-3-4-12(7-19-10)8-21-9-13-5-6-14-15(16(13)20-21)11(2)17(24-14)18(22)23/h3-4,7,9H,5-6,8H2,1-2H3,(H,22,23). The second-order valence-corrected chi connectivity index (χ2v) is 6.17. The summed E-state index contributed by atoms with van der Waals surface area (Å²) in [5, 5.41) is 13.9. The van der Waals surface area contributed by atoms with E-state index in [4.69, 9.17) is 4.42 Å². The average molecular weight is 323 g/mol. The molecule has 1 N–H and O–H groups in total. The molecule has 0 bridgehead atoms. The van der Waals surface area contributed by atoms with Crippen LogP contribution in [0.15, 0.2) is 28.9 Å². The third-order valence-electron chi connectivity index (χ3n) is 4.43. The monoisotopic (exact) mass is 323 g/mol. The van der Waals surface area contributed by atoms with Gasteiger partial charge < -0.3 is 9.52 Å². The summed E-state index contributed by atoms with van der Waals surface area (Å²) in [6.07, 6.45) is 5.40. The first-order valence-corrected chi connectivity index (χ1v) is 7.86. The van der Waals surface area contributed by atoms with Crippen molar-refractivity contribution < 1.29 is 14.3 Å². The highest BCUT2D eigenvalue weighted by molar-refractivity contribution is 5.90. The molecule has 6 heteroatoms. The van der Waals surface area contributed by atoms with Crippen LogP contribution in [-0.2, 0) is 19.4 Å². The first-order valence-electron chi connectivity index (χ1n) is 7.86. The molecule has 24 heavy (non-hydrogen) atoms. The van der Waals surface area contributed by atoms with E-state index in [0.717, 1.165) is 40.3 Å². The Hall–Kier alpha value is -2.89. The Morgan fingerprint density at radius 1 is 1.33 bits per heavy atom. The minimum atomic E-state index is -1.03. The summed E-state index contributed by atoms with van der Waals surface area (Å²) in [7, 11) is 0. The molecular formula is C18H17N3O3. The second-order valence-electron chi connectivity index (χ2n) is 6.17. The number of aromatic carboxylic acids is 1. The number of pyridine rings is 1. The Morgan fingerprint density at radius 2 is 2.17 bits per heavy atom. The van der Waals surface area contributed by atoms with Gasteiger partial charge in [0.1, 0.15) is 5.76 Å². The van der Waals surface area contributed by atoms with Gasteiger partial charge in [0.05, 0.1) is 12.2 Å². The lowest BCUT2D eigenvalue weighted by molar-refractivity contribution is 0.0659. The lowest BCUT2D eigenvalue weighted by atomic mass is 9.94. The van der Waals surface area contributed by atoms with E-state index in [2.05, 4.69) is 10.1 Å². The van der Waals surface area contributed by atoms with Crippen LogP contribution in [-0.4, -0.2) is 25.8 Å².